The fourth-order valence-corrected chi connectivity index (χ4v) is 3.38. The lowest BCUT2D eigenvalue weighted by Crippen LogP contribution is -2.29. The van der Waals surface area contributed by atoms with Gasteiger partial charge in [0.2, 0.25) is 5.95 Å². The Kier molecular flexibility index (Phi) is 5.19. The second kappa shape index (κ2) is 8.08. The largest absolute Gasteiger partial charge is 0.497 e. The summed E-state index contributed by atoms with van der Waals surface area (Å²) >= 11 is 0. The molecule has 2 heterocycles. The molecule has 1 fully saturated rings. The van der Waals surface area contributed by atoms with Crippen LogP contribution in [-0.4, -0.2) is 30.2 Å². The van der Waals surface area contributed by atoms with E-state index in [4.69, 9.17) is 4.74 Å². The summed E-state index contributed by atoms with van der Waals surface area (Å²) in [4.78, 5) is 11.4. The Morgan fingerprint density at radius 3 is 2.33 bits per heavy atom. The van der Waals surface area contributed by atoms with Gasteiger partial charge in [0.15, 0.2) is 0 Å². The van der Waals surface area contributed by atoms with Gasteiger partial charge >= 0.3 is 0 Å². The zero-order valence-corrected chi connectivity index (χ0v) is 15.6. The second-order valence-corrected chi connectivity index (χ2v) is 6.71. The maximum Gasteiger partial charge on any atom is 0.227 e. The van der Waals surface area contributed by atoms with Crippen molar-refractivity contribution in [2.24, 2.45) is 0 Å². The van der Waals surface area contributed by atoms with Crippen LogP contribution in [0.15, 0.2) is 60.8 Å². The molecule has 0 amide bonds. The topological polar surface area (TPSA) is 50.3 Å². The van der Waals surface area contributed by atoms with Crippen molar-refractivity contribution < 1.29 is 4.74 Å². The molecular formula is C22H24N4O. The third-order valence-corrected chi connectivity index (χ3v) is 4.89. The van der Waals surface area contributed by atoms with E-state index in [-0.39, 0.29) is 0 Å². The van der Waals surface area contributed by atoms with Crippen LogP contribution in [0.3, 0.4) is 0 Å². The van der Waals surface area contributed by atoms with Gasteiger partial charge in [-0.3, -0.25) is 0 Å². The summed E-state index contributed by atoms with van der Waals surface area (Å²) in [6.07, 6.45) is 5.69. The molecule has 0 saturated carbocycles. The quantitative estimate of drug-likeness (QED) is 0.702. The highest BCUT2D eigenvalue weighted by atomic mass is 16.5. The van der Waals surface area contributed by atoms with Crippen molar-refractivity contribution in [2.75, 3.05) is 30.4 Å². The monoisotopic (exact) mass is 360 g/mol. The van der Waals surface area contributed by atoms with Crippen molar-refractivity contribution in [3.63, 3.8) is 0 Å². The van der Waals surface area contributed by atoms with Crippen LogP contribution in [0, 0.1) is 0 Å². The Hall–Kier alpha value is -3.08. The predicted octanol–water partition coefficient (Wildman–Crippen LogP) is 4.89. The maximum atomic E-state index is 5.21. The van der Waals surface area contributed by atoms with E-state index in [1.807, 2.05) is 30.3 Å². The third kappa shape index (κ3) is 4.19. The maximum absolute atomic E-state index is 5.21. The van der Waals surface area contributed by atoms with Crippen LogP contribution in [0.25, 0.3) is 11.3 Å². The van der Waals surface area contributed by atoms with E-state index in [9.17, 15) is 0 Å². The van der Waals surface area contributed by atoms with Gasteiger partial charge in [-0.2, -0.15) is 0 Å². The number of nitrogens with one attached hydrogen (secondary N) is 1. The summed E-state index contributed by atoms with van der Waals surface area (Å²) in [5.74, 6) is 1.42. The molecule has 1 saturated heterocycles. The molecule has 0 atom stereocenters. The Balaban J connectivity index is 1.47. The van der Waals surface area contributed by atoms with Gasteiger partial charge in [0.1, 0.15) is 5.75 Å². The predicted molar refractivity (Wildman–Crippen MR) is 110 cm³/mol. The Bertz CT molecular complexity index is 872. The van der Waals surface area contributed by atoms with E-state index in [1.54, 1.807) is 13.3 Å². The van der Waals surface area contributed by atoms with Gasteiger partial charge in [0, 0.05) is 36.2 Å². The first-order valence-electron chi connectivity index (χ1n) is 9.41. The number of aromatic nitrogens is 2. The minimum absolute atomic E-state index is 0.592. The number of hydrogen-bond donors (Lipinski definition) is 1. The molecule has 5 nitrogen and oxygen atoms in total. The second-order valence-electron chi connectivity index (χ2n) is 6.71. The fourth-order valence-electron chi connectivity index (χ4n) is 3.38. The molecule has 5 heteroatoms. The summed E-state index contributed by atoms with van der Waals surface area (Å²) < 4.78 is 5.21. The van der Waals surface area contributed by atoms with Crippen LogP contribution < -0.4 is 15.0 Å². The number of rotatable bonds is 5. The first-order valence-corrected chi connectivity index (χ1v) is 9.41. The van der Waals surface area contributed by atoms with Crippen LogP contribution in [0.5, 0.6) is 5.75 Å². The number of hydrogen-bond acceptors (Lipinski definition) is 5. The van der Waals surface area contributed by atoms with Crippen LogP contribution in [0.2, 0.25) is 0 Å². The standard InChI is InChI=1S/C22H24N4O/c1-27-20-11-5-17(6-12-20)21-13-14-23-22(25-21)24-18-7-9-19(10-8-18)26-15-3-2-4-16-26/h5-14H,2-4,15-16H2,1H3,(H,23,24,25). The van der Waals surface area contributed by atoms with Crippen LogP contribution in [0.4, 0.5) is 17.3 Å². The van der Waals surface area contributed by atoms with Gasteiger partial charge in [0.05, 0.1) is 12.8 Å². The Morgan fingerprint density at radius 1 is 0.889 bits per heavy atom. The normalized spacial score (nSPS) is 14.0. The molecule has 1 aromatic heterocycles. The first kappa shape index (κ1) is 17.3. The molecule has 138 valence electrons. The highest BCUT2D eigenvalue weighted by Gasteiger charge is 2.10. The highest BCUT2D eigenvalue weighted by molar-refractivity contribution is 5.64. The minimum atomic E-state index is 0.592. The summed E-state index contributed by atoms with van der Waals surface area (Å²) in [6, 6.07) is 18.3. The smallest absolute Gasteiger partial charge is 0.227 e. The molecule has 0 radical (unpaired) electrons. The van der Waals surface area contributed by atoms with E-state index in [0.717, 1.165) is 35.8 Å². The molecule has 27 heavy (non-hydrogen) atoms. The van der Waals surface area contributed by atoms with Crippen molar-refractivity contribution in [3.05, 3.63) is 60.8 Å². The van der Waals surface area contributed by atoms with Gasteiger partial charge in [-0.25, -0.2) is 9.97 Å². The molecule has 0 bridgehead atoms. The molecular weight excluding hydrogens is 336 g/mol. The van der Waals surface area contributed by atoms with Gasteiger partial charge in [-0.05, 0) is 73.9 Å². The van der Waals surface area contributed by atoms with E-state index in [1.165, 1.54) is 24.9 Å². The van der Waals surface area contributed by atoms with Crippen molar-refractivity contribution in [3.8, 4) is 17.0 Å². The van der Waals surface area contributed by atoms with Crippen molar-refractivity contribution in [1.29, 1.82) is 0 Å². The van der Waals surface area contributed by atoms with E-state index < -0.39 is 0 Å². The van der Waals surface area contributed by atoms with Gasteiger partial charge in [0.25, 0.3) is 0 Å². The lowest BCUT2D eigenvalue weighted by Gasteiger charge is -2.28. The number of ether oxygens (including phenoxy) is 1. The molecule has 4 rings (SSSR count). The zero-order valence-electron chi connectivity index (χ0n) is 15.6. The zero-order chi connectivity index (χ0) is 18.5. The average molecular weight is 360 g/mol. The molecule has 1 N–H and O–H groups in total. The molecule has 2 aromatic carbocycles. The summed E-state index contributed by atoms with van der Waals surface area (Å²) in [5, 5.41) is 3.30. The SMILES string of the molecule is COc1ccc(-c2ccnc(Nc3ccc(N4CCCCC4)cc3)n2)cc1. The van der Waals surface area contributed by atoms with E-state index in [0.29, 0.717) is 5.95 Å². The number of methoxy groups -OCH3 is 1. The Labute approximate surface area is 160 Å². The van der Waals surface area contributed by atoms with Crippen LogP contribution in [0.1, 0.15) is 19.3 Å². The third-order valence-electron chi connectivity index (χ3n) is 4.89. The summed E-state index contributed by atoms with van der Waals surface area (Å²) in [5.41, 5.74) is 4.18. The molecule has 1 aliphatic rings. The van der Waals surface area contributed by atoms with E-state index >= 15 is 0 Å². The lowest BCUT2D eigenvalue weighted by molar-refractivity contribution is 0.415. The van der Waals surface area contributed by atoms with Gasteiger partial charge in [-0.15, -0.1) is 0 Å². The van der Waals surface area contributed by atoms with Crippen molar-refractivity contribution in [2.45, 2.75) is 19.3 Å². The minimum Gasteiger partial charge on any atom is -0.497 e. The van der Waals surface area contributed by atoms with Crippen LogP contribution in [-0.2, 0) is 0 Å². The Morgan fingerprint density at radius 2 is 1.63 bits per heavy atom. The fraction of sp³-hybridized carbons (Fsp3) is 0.273. The highest BCUT2D eigenvalue weighted by Crippen LogP contribution is 2.24. The summed E-state index contributed by atoms with van der Waals surface area (Å²) in [7, 11) is 1.66. The van der Waals surface area contributed by atoms with Crippen molar-refractivity contribution in [1.82, 2.24) is 9.97 Å². The number of anilines is 3. The number of nitrogens with zero attached hydrogens (tertiary/aromatic N) is 3. The van der Waals surface area contributed by atoms with Gasteiger partial charge < -0.3 is 15.0 Å². The first-order chi connectivity index (χ1) is 13.3. The van der Waals surface area contributed by atoms with Crippen molar-refractivity contribution >= 4 is 17.3 Å². The van der Waals surface area contributed by atoms with Gasteiger partial charge in [-0.1, -0.05) is 0 Å². The molecule has 1 aliphatic heterocycles. The molecule has 0 spiro atoms. The lowest BCUT2D eigenvalue weighted by atomic mass is 10.1. The summed E-state index contributed by atoms with van der Waals surface area (Å²) in [6.45, 7) is 2.31. The molecule has 0 aliphatic carbocycles. The van der Waals surface area contributed by atoms with Crippen LogP contribution >= 0.6 is 0 Å². The average Bonchev–Trinajstić information content (AvgIpc) is 2.75. The number of benzene rings is 2. The van der Waals surface area contributed by atoms with E-state index in [2.05, 4.69) is 44.5 Å². The number of piperidine rings is 1. The molecule has 0 unspecified atom stereocenters. The molecule has 3 aromatic rings.